The van der Waals surface area contributed by atoms with E-state index >= 15 is 0 Å². The minimum atomic E-state index is -4.47. The Bertz CT molecular complexity index is 578. The molecule has 0 saturated heterocycles. The van der Waals surface area contributed by atoms with E-state index < -0.39 is 23.4 Å². The predicted molar refractivity (Wildman–Crippen MR) is 84.3 cm³/mol. The third-order valence-corrected chi connectivity index (χ3v) is 2.83. The molecule has 1 N–H and O–H groups in total. The molecular formula is C16H19ClF3NO2. The van der Waals surface area contributed by atoms with Gasteiger partial charge in [0.05, 0.1) is 5.56 Å². The molecule has 1 aromatic carbocycles. The van der Waals surface area contributed by atoms with Gasteiger partial charge < -0.3 is 10.1 Å². The summed E-state index contributed by atoms with van der Waals surface area (Å²) < 4.78 is 43.7. The number of amides is 1. The van der Waals surface area contributed by atoms with Crippen LogP contribution in [-0.2, 0) is 10.9 Å². The number of hydrogen-bond acceptors (Lipinski definition) is 2. The Labute approximate surface area is 138 Å². The van der Waals surface area contributed by atoms with E-state index in [-0.39, 0.29) is 17.1 Å². The maximum Gasteiger partial charge on any atom is 0.417 e. The molecule has 0 fully saturated rings. The van der Waals surface area contributed by atoms with Gasteiger partial charge in [0.2, 0.25) is 0 Å². The van der Waals surface area contributed by atoms with Crippen molar-refractivity contribution in [1.29, 1.82) is 0 Å². The molecule has 0 aliphatic rings. The molecule has 0 radical (unpaired) electrons. The molecule has 0 aromatic heterocycles. The van der Waals surface area contributed by atoms with Crippen molar-refractivity contribution in [1.82, 2.24) is 5.32 Å². The van der Waals surface area contributed by atoms with Gasteiger partial charge in [-0.2, -0.15) is 13.2 Å². The van der Waals surface area contributed by atoms with Gasteiger partial charge in [0.1, 0.15) is 5.60 Å². The Morgan fingerprint density at radius 3 is 2.52 bits per heavy atom. The quantitative estimate of drug-likeness (QED) is 0.750. The molecular weight excluding hydrogens is 331 g/mol. The van der Waals surface area contributed by atoms with Crippen LogP contribution in [0, 0.1) is 0 Å². The van der Waals surface area contributed by atoms with Gasteiger partial charge in [-0.15, -0.1) is 0 Å². The highest BCUT2D eigenvalue weighted by molar-refractivity contribution is 6.30. The Morgan fingerprint density at radius 1 is 1.30 bits per heavy atom. The van der Waals surface area contributed by atoms with E-state index in [1.165, 1.54) is 18.2 Å². The molecule has 0 saturated carbocycles. The number of alkyl carbamates (subject to hydrolysis) is 1. The maximum atomic E-state index is 12.9. The minimum absolute atomic E-state index is 0.0270. The van der Waals surface area contributed by atoms with Crippen molar-refractivity contribution in [2.75, 3.05) is 6.54 Å². The summed E-state index contributed by atoms with van der Waals surface area (Å²) in [5, 5.41) is 2.55. The standard InChI is InChI=1S/C16H19ClF3NO2/c1-15(2,3)23-14(22)21-9-5-4-6-11-7-8-12(17)10-13(11)16(18,19)20/h4,6-8,10H,5,9H2,1-3H3,(H,21,22). The monoisotopic (exact) mass is 349 g/mol. The van der Waals surface area contributed by atoms with E-state index in [4.69, 9.17) is 16.3 Å². The van der Waals surface area contributed by atoms with Gasteiger partial charge in [0.25, 0.3) is 0 Å². The van der Waals surface area contributed by atoms with Crippen molar-refractivity contribution < 1.29 is 22.7 Å². The summed E-state index contributed by atoms with van der Waals surface area (Å²) in [5.41, 5.74) is -1.36. The fraction of sp³-hybridized carbons (Fsp3) is 0.438. The third-order valence-electron chi connectivity index (χ3n) is 2.60. The summed E-state index contributed by atoms with van der Waals surface area (Å²) in [6.07, 6.45) is -1.75. The fourth-order valence-electron chi connectivity index (χ4n) is 1.70. The summed E-state index contributed by atoms with van der Waals surface area (Å²) in [6.45, 7) is 5.49. The van der Waals surface area contributed by atoms with Crippen LogP contribution in [0.5, 0.6) is 0 Å². The average Bonchev–Trinajstić information content (AvgIpc) is 2.36. The third kappa shape index (κ3) is 7.41. The maximum absolute atomic E-state index is 12.9. The van der Waals surface area contributed by atoms with Crippen LogP contribution in [0.25, 0.3) is 6.08 Å². The van der Waals surface area contributed by atoms with E-state index in [1.54, 1.807) is 26.8 Å². The molecule has 1 rings (SSSR count). The van der Waals surface area contributed by atoms with Crippen LogP contribution >= 0.6 is 11.6 Å². The molecule has 1 aromatic rings. The van der Waals surface area contributed by atoms with Gasteiger partial charge in [-0.25, -0.2) is 4.79 Å². The van der Waals surface area contributed by atoms with E-state index in [2.05, 4.69) is 5.32 Å². The first-order valence-corrected chi connectivity index (χ1v) is 7.37. The second-order valence-corrected chi connectivity index (χ2v) is 6.29. The van der Waals surface area contributed by atoms with Crippen molar-refractivity contribution in [3.8, 4) is 0 Å². The Hall–Kier alpha value is -1.69. The zero-order valence-corrected chi connectivity index (χ0v) is 13.9. The molecule has 0 unspecified atom stereocenters. The number of benzene rings is 1. The number of carbonyl (C=O) groups excluding carboxylic acids is 1. The molecule has 0 heterocycles. The van der Waals surface area contributed by atoms with E-state index in [9.17, 15) is 18.0 Å². The van der Waals surface area contributed by atoms with Crippen molar-refractivity contribution in [3.05, 3.63) is 40.4 Å². The van der Waals surface area contributed by atoms with Crippen LogP contribution in [0.4, 0.5) is 18.0 Å². The highest BCUT2D eigenvalue weighted by Crippen LogP contribution is 2.34. The summed E-state index contributed by atoms with van der Waals surface area (Å²) >= 11 is 5.61. The Balaban J connectivity index is 2.58. The minimum Gasteiger partial charge on any atom is -0.444 e. The van der Waals surface area contributed by atoms with Crippen molar-refractivity contribution in [2.45, 2.75) is 39.0 Å². The van der Waals surface area contributed by atoms with Crippen LogP contribution < -0.4 is 5.32 Å². The van der Waals surface area contributed by atoms with Crippen LogP contribution in [0.2, 0.25) is 5.02 Å². The van der Waals surface area contributed by atoms with Gasteiger partial charge in [-0.3, -0.25) is 0 Å². The van der Waals surface area contributed by atoms with Crippen molar-refractivity contribution in [2.24, 2.45) is 0 Å². The number of alkyl halides is 3. The lowest BCUT2D eigenvalue weighted by molar-refractivity contribution is -0.137. The molecule has 3 nitrogen and oxygen atoms in total. The first kappa shape index (κ1) is 19.4. The molecule has 0 spiro atoms. The van der Waals surface area contributed by atoms with Gasteiger partial charge in [-0.05, 0) is 44.9 Å². The zero-order chi connectivity index (χ0) is 17.7. The number of nitrogens with one attached hydrogen (secondary N) is 1. The van der Waals surface area contributed by atoms with Gasteiger partial charge in [-0.1, -0.05) is 29.8 Å². The van der Waals surface area contributed by atoms with Crippen LogP contribution in [-0.4, -0.2) is 18.2 Å². The second-order valence-electron chi connectivity index (χ2n) is 5.85. The lowest BCUT2D eigenvalue weighted by Gasteiger charge is -2.19. The summed E-state index contributed by atoms with van der Waals surface area (Å²) in [7, 11) is 0. The van der Waals surface area contributed by atoms with Gasteiger partial charge in [0, 0.05) is 11.6 Å². The first-order valence-electron chi connectivity index (χ1n) is 6.99. The zero-order valence-electron chi connectivity index (χ0n) is 13.1. The Kier molecular flexibility index (Phi) is 6.50. The summed E-state index contributed by atoms with van der Waals surface area (Å²) in [4.78, 5) is 11.4. The smallest absolute Gasteiger partial charge is 0.417 e. The number of halogens is 4. The van der Waals surface area contributed by atoms with Crippen molar-refractivity contribution in [3.63, 3.8) is 0 Å². The summed E-state index contributed by atoms with van der Waals surface area (Å²) in [6, 6.07) is 3.60. The molecule has 23 heavy (non-hydrogen) atoms. The van der Waals surface area contributed by atoms with Crippen LogP contribution in [0.15, 0.2) is 24.3 Å². The van der Waals surface area contributed by atoms with Crippen LogP contribution in [0.1, 0.15) is 38.3 Å². The molecule has 128 valence electrons. The highest BCUT2D eigenvalue weighted by atomic mass is 35.5. The topological polar surface area (TPSA) is 38.3 Å². The van der Waals surface area contributed by atoms with Crippen molar-refractivity contribution >= 4 is 23.8 Å². The first-order chi connectivity index (χ1) is 10.5. The molecule has 0 bridgehead atoms. The van der Waals surface area contributed by atoms with Crippen LogP contribution in [0.3, 0.4) is 0 Å². The summed E-state index contributed by atoms with van der Waals surface area (Å²) in [5.74, 6) is 0. The highest BCUT2D eigenvalue weighted by Gasteiger charge is 2.32. The molecule has 0 atom stereocenters. The van der Waals surface area contributed by atoms with E-state index in [0.29, 0.717) is 6.42 Å². The SMILES string of the molecule is CC(C)(C)OC(=O)NCCC=Cc1ccc(Cl)cc1C(F)(F)F. The molecule has 7 heteroatoms. The lowest BCUT2D eigenvalue weighted by atomic mass is 10.1. The molecule has 1 amide bonds. The number of carbonyl (C=O) groups is 1. The van der Waals surface area contributed by atoms with E-state index in [0.717, 1.165) is 6.07 Å². The second kappa shape index (κ2) is 7.73. The Morgan fingerprint density at radius 2 is 1.96 bits per heavy atom. The lowest BCUT2D eigenvalue weighted by Crippen LogP contribution is -2.32. The largest absolute Gasteiger partial charge is 0.444 e. The van der Waals surface area contributed by atoms with Gasteiger partial charge in [0.15, 0.2) is 0 Å². The fourth-order valence-corrected chi connectivity index (χ4v) is 1.87. The number of ether oxygens (including phenoxy) is 1. The van der Waals surface area contributed by atoms with Gasteiger partial charge >= 0.3 is 12.3 Å². The number of hydrogen-bond donors (Lipinski definition) is 1. The average molecular weight is 350 g/mol. The number of rotatable bonds is 4. The predicted octanol–water partition coefficient (Wildman–Crippen LogP) is 5.29. The van der Waals surface area contributed by atoms with E-state index in [1.807, 2.05) is 0 Å². The normalized spacial score (nSPS) is 12.5. The molecule has 0 aliphatic carbocycles. The molecule has 0 aliphatic heterocycles.